The molecule has 0 aliphatic carbocycles. The highest BCUT2D eigenvalue weighted by Crippen LogP contribution is 2.25. The third-order valence-electron chi connectivity index (χ3n) is 2.30. The van der Waals surface area contributed by atoms with E-state index in [0.29, 0.717) is 6.54 Å². The number of benzene rings is 1. The van der Waals surface area contributed by atoms with Crippen molar-refractivity contribution >= 4 is 32.8 Å². The molecule has 0 spiro atoms. The van der Waals surface area contributed by atoms with E-state index in [4.69, 9.17) is 5.11 Å². The van der Waals surface area contributed by atoms with E-state index in [1.807, 2.05) is 35.0 Å². The number of hydrogen-bond acceptors (Lipinski definition) is 1. The smallest absolute Gasteiger partial charge is 0.328 e. The monoisotopic (exact) mass is 279 g/mol. The van der Waals surface area contributed by atoms with Crippen molar-refractivity contribution < 1.29 is 9.90 Å². The number of hydrogen-bond donors (Lipinski definition) is 1. The van der Waals surface area contributed by atoms with Gasteiger partial charge in [0.25, 0.3) is 0 Å². The summed E-state index contributed by atoms with van der Waals surface area (Å²) in [6.07, 6.45) is 4.74. The molecule has 0 atom stereocenters. The van der Waals surface area contributed by atoms with Crippen LogP contribution in [-0.4, -0.2) is 15.6 Å². The molecule has 2 rings (SSSR count). The molecule has 4 heteroatoms. The van der Waals surface area contributed by atoms with Gasteiger partial charge in [0.1, 0.15) is 0 Å². The van der Waals surface area contributed by atoms with Crippen molar-refractivity contribution in [2.24, 2.45) is 0 Å². The highest BCUT2D eigenvalue weighted by atomic mass is 79.9. The summed E-state index contributed by atoms with van der Waals surface area (Å²) >= 11 is 3.48. The minimum atomic E-state index is -0.921. The van der Waals surface area contributed by atoms with E-state index in [-0.39, 0.29) is 0 Å². The Hall–Kier alpha value is -1.55. The molecule has 0 unspecified atom stereocenters. The number of halogens is 1. The number of carbonyl (C=O) groups is 1. The van der Waals surface area contributed by atoms with Gasteiger partial charge in [-0.15, -0.1) is 0 Å². The van der Waals surface area contributed by atoms with Crippen molar-refractivity contribution in [2.75, 3.05) is 0 Å². The lowest BCUT2D eigenvalue weighted by atomic mass is 10.2. The summed E-state index contributed by atoms with van der Waals surface area (Å²) in [5.41, 5.74) is 1.09. The second-order valence-corrected chi connectivity index (χ2v) is 4.24. The average molecular weight is 280 g/mol. The maximum atomic E-state index is 10.4. The molecule has 0 aliphatic rings. The number of carboxylic acid groups (broad SMARTS) is 1. The van der Waals surface area contributed by atoms with Crippen LogP contribution in [-0.2, 0) is 11.3 Å². The molecule has 0 aliphatic heterocycles. The minimum absolute atomic E-state index is 0.554. The van der Waals surface area contributed by atoms with Crippen molar-refractivity contribution in [3.05, 3.63) is 47.1 Å². The maximum Gasteiger partial charge on any atom is 0.328 e. The first-order chi connectivity index (χ1) is 7.68. The standard InChI is InChI=1S/C12H10BrNO2/c13-10-8-14(7-3-6-12(15)16)11-5-2-1-4-9(10)11/h1-6,8H,7H2,(H,15,16). The predicted molar refractivity (Wildman–Crippen MR) is 66.4 cm³/mol. The molecule has 2 aromatic rings. The highest BCUT2D eigenvalue weighted by Gasteiger charge is 2.03. The second-order valence-electron chi connectivity index (χ2n) is 3.39. The third-order valence-corrected chi connectivity index (χ3v) is 2.93. The van der Waals surface area contributed by atoms with Gasteiger partial charge >= 0.3 is 5.97 Å². The lowest BCUT2D eigenvalue weighted by Crippen LogP contribution is -1.94. The molecule has 1 heterocycles. The molecule has 0 bridgehead atoms. The van der Waals surface area contributed by atoms with Gasteiger partial charge in [-0.2, -0.15) is 0 Å². The third kappa shape index (κ3) is 2.17. The molecule has 1 N–H and O–H groups in total. The van der Waals surface area contributed by atoms with Crippen LogP contribution in [0.2, 0.25) is 0 Å². The molecule has 3 nitrogen and oxygen atoms in total. The number of rotatable bonds is 3. The van der Waals surface area contributed by atoms with Crippen LogP contribution in [0.4, 0.5) is 0 Å². The first-order valence-electron chi connectivity index (χ1n) is 4.81. The van der Waals surface area contributed by atoms with Gasteiger partial charge < -0.3 is 9.67 Å². The topological polar surface area (TPSA) is 42.2 Å². The van der Waals surface area contributed by atoms with Crippen LogP contribution in [0.25, 0.3) is 10.9 Å². The fourth-order valence-electron chi connectivity index (χ4n) is 1.62. The number of fused-ring (bicyclic) bond motifs is 1. The summed E-state index contributed by atoms with van der Waals surface area (Å²) in [6, 6.07) is 7.97. The largest absolute Gasteiger partial charge is 0.478 e. The molecular formula is C12H10BrNO2. The summed E-state index contributed by atoms with van der Waals surface area (Å²) in [5.74, 6) is -0.921. The van der Waals surface area contributed by atoms with Crippen molar-refractivity contribution in [1.29, 1.82) is 0 Å². The quantitative estimate of drug-likeness (QED) is 0.878. The van der Waals surface area contributed by atoms with E-state index in [1.165, 1.54) is 0 Å². The summed E-state index contributed by atoms with van der Waals surface area (Å²) in [4.78, 5) is 10.4. The maximum absolute atomic E-state index is 10.4. The number of allylic oxidation sites excluding steroid dienone is 1. The van der Waals surface area contributed by atoms with Gasteiger partial charge in [0.15, 0.2) is 0 Å². The zero-order valence-corrected chi connectivity index (χ0v) is 10.0. The van der Waals surface area contributed by atoms with Crippen LogP contribution in [0, 0.1) is 0 Å². The van der Waals surface area contributed by atoms with E-state index in [1.54, 1.807) is 6.08 Å². The first kappa shape index (κ1) is 11.0. The Morgan fingerprint density at radius 2 is 2.19 bits per heavy atom. The van der Waals surface area contributed by atoms with Crippen LogP contribution in [0.1, 0.15) is 0 Å². The zero-order valence-electron chi connectivity index (χ0n) is 8.43. The SMILES string of the molecule is O=C(O)C=CCn1cc(Br)c2ccccc21. The number of aliphatic carboxylic acids is 1. The Morgan fingerprint density at radius 1 is 1.44 bits per heavy atom. The normalized spacial score (nSPS) is 11.3. The highest BCUT2D eigenvalue weighted by molar-refractivity contribution is 9.10. The van der Waals surface area contributed by atoms with Crippen LogP contribution in [0.3, 0.4) is 0 Å². The van der Waals surface area contributed by atoms with Crippen LogP contribution >= 0.6 is 15.9 Å². The molecule has 0 radical (unpaired) electrons. The van der Waals surface area contributed by atoms with E-state index in [0.717, 1.165) is 21.5 Å². The Morgan fingerprint density at radius 3 is 2.94 bits per heavy atom. The van der Waals surface area contributed by atoms with E-state index < -0.39 is 5.97 Å². The van der Waals surface area contributed by atoms with E-state index in [2.05, 4.69) is 15.9 Å². The number of aromatic nitrogens is 1. The molecule has 16 heavy (non-hydrogen) atoms. The molecule has 0 saturated carbocycles. The molecular weight excluding hydrogens is 270 g/mol. The fourth-order valence-corrected chi connectivity index (χ4v) is 2.20. The summed E-state index contributed by atoms with van der Waals surface area (Å²) in [7, 11) is 0. The van der Waals surface area contributed by atoms with E-state index in [9.17, 15) is 4.79 Å². The molecule has 0 amide bonds. The van der Waals surface area contributed by atoms with Gasteiger partial charge in [-0.1, -0.05) is 24.3 Å². The van der Waals surface area contributed by atoms with Crippen molar-refractivity contribution in [3.63, 3.8) is 0 Å². The summed E-state index contributed by atoms with van der Waals surface area (Å²) in [5, 5.41) is 9.64. The molecule has 1 aromatic carbocycles. The molecule has 82 valence electrons. The van der Waals surface area contributed by atoms with E-state index >= 15 is 0 Å². The number of nitrogens with zero attached hydrogens (tertiary/aromatic N) is 1. The van der Waals surface area contributed by atoms with Gasteiger partial charge in [0.2, 0.25) is 0 Å². The lowest BCUT2D eigenvalue weighted by Gasteiger charge is -1.99. The van der Waals surface area contributed by atoms with Gasteiger partial charge in [0, 0.05) is 34.2 Å². The lowest BCUT2D eigenvalue weighted by molar-refractivity contribution is -0.131. The Kier molecular flexibility index (Phi) is 3.10. The van der Waals surface area contributed by atoms with Crippen molar-refractivity contribution in [1.82, 2.24) is 4.57 Å². The van der Waals surface area contributed by atoms with Gasteiger partial charge in [-0.3, -0.25) is 0 Å². The van der Waals surface area contributed by atoms with Crippen molar-refractivity contribution in [2.45, 2.75) is 6.54 Å². The Labute approximate surface area is 101 Å². The van der Waals surface area contributed by atoms with Crippen LogP contribution in [0.5, 0.6) is 0 Å². The van der Waals surface area contributed by atoms with Crippen molar-refractivity contribution in [3.8, 4) is 0 Å². The Balaban J connectivity index is 2.34. The van der Waals surface area contributed by atoms with Crippen LogP contribution in [0.15, 0.2) is 47.1 Å². The average Bonchev–Trinajstić information content (AvgIpc) is 2.57. The second kappa shape index (κ2) is 4.53. The summed E-state index contributed by atoms with van der Waals surface area (Å²) < 4.78 is 3.02. The van der Waals surface area contributed by atoms with Crippen LogP contribution < -0.4 is 0 Å². The fraction of sp³-hybridized carbons (Fsp3) is 0.0833. The molecule has 0 saturated heterocycles. The number of carboxylic acids is 1. The molecule has 1 aromatic heterocycles. The Bertz CT molecular complexity index is 557. The minimum Gasteiger partial charge on any atom is -0.478 e. The first-order valence-corrected chi connectivity index (χ1v) is 5.60. The van der Waals surface area contributed by atoms with Gasteiger partial charge in [-0.25, -0.2) is 4.79 Å². The number of para-hydroxylation sites is 1. The molecule has 0 fully saturated rings. The summed E-state index contributed by atoms with van der Waals surface area (Å²) in [6.45, 7) is 0.554. The predicted octanol–water partition coefficient (Wildman–Crippen LogP) is 3.04. The van der Waals surface area contributed by atoms with Gasteiger partial charge in [-0.05, 0) is 22.0 Å². The zero-order chi connectivity index (χ0) is 11.5. The van der Waals surface area contributed by atoms with Gasteiger partial charge in [0.05, 0.1) is 0 Å².